The molecular weight excluding hydrogens is 155 g/mol. The minimum Gasteiger partial charge on any atom is -0.316 e. The predicted molar refractivity (Wildman–Crippen MR) is 36.5 cm³/mol. The minimum atomic E-state index is -2.81. The molecule has 0 aromatic carbocycles. The molecule has 1 saturated heterocycles. The molecule has 0 bridgehead atoms. The van der Waals surface area contributed by atoms with Crippen molar-refractivity contribution >= 4 is 0 Å². The number of halogens is 3. The molecule has 1 fully saturated rings. The molecule has 0 saturated carbocycles. The van der Waals surface area contributed by atoms with E-state index >= 15 is 0 Å². The van der Waals surface area contributed by atoms with Crippen molar-refractivity contribution in [2.45, 2.75) is 18.8 Å². The maximum Gasteiger partial charge on any atom is 0.254 e. The summed E-state index contributed by atoms with van der Waals surface area (Å²) in [6.07, 6.45) is 0.00505. The summed E-state index contributed by atoms with van der Waals surface area (Å²) >= 11 is 0. The Hall–Kier alpha value is -0.250. The zero-order valence-electron chi connectivity index (χ0n) is 6.25. The SMILES string of the molecule is FCC1CCNCCC1(F)F. The molecule has 0 aromatic heterocycles. The molecular formula is C7H12F3N. The van der Waals surface area contributed by atoms with Gasteiger partial charge in [0.2, 0.25) is 0 Å². The van der Waals surface area contributed by atoms with Crippen LogP contribution in [0, 0.1) is 5.92 Å². The van der Waals surface area contributed by atoms with Gasteiger partial charge in [-0.25, -0.2) is 8.78 Å². The van der Waals surface area contributed by atoms with Gasteiger partial charge in [0.1, 0.15) is 0 Å². The highest BCUT2D eigenvalue weighted by atomic mass is 19.3. The van der Waals surface area contributed by atoms with Crippen LogP contribution in [0.3, 0.4) is 0 Å². The molecule has 0 aromatic rings. The molecule has 66 valence electrons. The maximum atomic E-state index is 12.8. The fraction of sp³-hybridized carbons (Fsp3) is 1.00. The smallest absolute Gasteiger partial charge is 0.254 e. The highest BCUT2D eigenvalue weighted by Crippen LogP contribution is 2.31. The Morgan fingerprint density at radius 3 is 2.73 bits per heavy atom. The van der Waals surface area contributed by atoms with Gasteiger partial charge in [-0.15, -0.1) is 0 Å². The second-order valence-electron chi connectivity index (χ2n) is 2.90. The fourth-order valence-corrected chi connectivity index (χ4v) is 1.26. The van der Waals surface area contributed by atoms with E-state index in [4.69, 9.17) is 0 Å². The third kappa shape index (κ3) is 2.09. The minimum absolute atomic E-state index is 0.235. The summed E-state index contributed by atoms with van der Waals surface area (Å²) in [5, 5.41) is 2.82. The van der Waals surface area contributed by atoms with Crippen LogP contribution in [-0.2, 0) is 0 Å². The number of hydrogen-bond donors (Lipinski definition) is 1. The van der Waals surface area contributed by atoms with E-state index in [2.05, 4.69) is 5.32 Å². The van der Waals surface area contributed by atoms with Crippen molar-refractivity contribution in [3.8, 4) is 0 Å². The van der Waals surface area contributed by atoms with Crippen LogP contribution < -0.4 is 5.32 Å². The van der Waals surface area contributed by atoms with E-state index in [0.29, 0.717) is 13.1 Å². The van der Waals surface area contributed by atoms with Gasteiger partial charge in [-0.05, 0) is 13.0 Å². The summed E-state index contributed by atoms with van der Waals surface area (Å²) in [4.78, 5) is 0. The standard InChI is InChI=1S/C7H12F3N/c8-5-6-1-3-11-4-2-7(6,9)10/h6,11H,1-5H2. The molecule has 1 atom stereocenters. The Bertz CT molecular complexity index is 127. The van der Waals surface area contributed by atoms with Crippen molar-refractivity contribution in [1.82, 2.24) is 5.32 Å². The van der Waals surface area contributed by atoms with Gasteiger partial charge in [0.15, 0.2) is 0 Å². The summed E-state index contributed by atoms with van der Waals surface area (Å²) in [6, 6.07) is 0. The van der Waals surface area contributed by atoms with Crippen LogP contribution in [0.5, 0.6) is 0 Å². The normalized spacial score (nSPS) is 31.4. The second-order valence-corrected chi connectivity index (χ2v) is 2.90. The molecule has 1 heterocycles. The predicted octanol–water partition coefficient (Wildman–Crippen LogP) is 1.59. The van der Waals surface area contributed by atoms with E-state index in [-0.39, 0.29) is 12.8 Å². The fourth-order valence-electron chi connectivity index (χ4n) is 1.26. The van der Waals surface area contributed by atoms with E-state index in [9.17, 15) is 13.2 Å². The van der Waals surface area contributed by atoms with E-state index in [1.807, 2.05) is 0 Å². The first-order valence-corrected chi connectivity index (χ1v) is 3.81. The van der Waals surface area contributed by atoms with Crippen molar-refractivity contribution in [3.05, 3.63) is 0 Å². The van der Waals surface area contributed by atoms with E-state index in [1.165, 1.54) is 0 Å². The molecule has 4 heteroatoms. The van der Waals surface area contributed by atoms with Gasteiger partial charge in [-0.2, -0.15) is 0 Å². The summed E-state index contributed by atoms with van der Waals surface area (Å²) in [7, 11) is 0. The Balaban J connectivity index is 2.56. The van der Waals surface area contributed by atoms with Crippen LogP contribution in [0.2, 0.25) is 0 Å². The molecule has 0 spiro atoms. The van der Waals surface area contributed by atoms with Gasteiger partial charge in [0.05, 0.1) is 12.6 Å². The van der Waals surface area contributed by atoms with Crippen LogP contribution in [0.1, 0.15) is 12.8 Å². The maximum absolute atomic E-state index is 12.8. The number of alkyl halides is 3. The second kappa shape index (κ2) is 3.43. The van der Waals surface area contributed by atoms with Crippen molar-refractivity contribution in [3.63, 3.8) is 0 Å². The van der Waals surface area contributed by atoms with Crippen molar-refractivity contribution in [1.29, 1.82) is 0 Å². The number of rotatable bonds is 1. The summed E-state index contributed by atoms with van der Waals surface area (Å²) < 4.78 is 37.7. The van der Waals surface area contributed by atoms with Gasteiger partial charge < -0.3 is 5.32 Å². The highest BCUT2D eigenvalue weighted by molar-refractivity contribution is 4.81. The molecule has 0 amide bonds. The average molecular weight is 167 g/mol. The van der Waals surface area contributed by atoms with E-state index < -0.39 is 18.5 Å². The van der Waals surface area contributed by atoms with E-state index in [0.717, 1.165) is 0 Å². The van der Waals surface area contributed by atoms with Crippen LogP contribution in [0.4, 0.5) is 13.2 Å². The van der Waals surface area contributed by atoms with Crippen molar-refractivity contribution in [2.24, 2.45) is 5.92 Å². The number of hydrogen-bond acceptors (Lipinski definition) is 1. The summed E-state index contributed by atoms with van der Waals surface area (Å²) in [6.45, 7) is -0.109. The summed E-state index contributed by atoms with van der Waals surface area (Å²) in [5.74, 6) is -3.88. The summed E-state index contributed by atoms with van der Waals surface area (Å²) in [5.41, 5.74) is 0. The zero-order chi connectivity index (χ0) is 8.32. The number of nitrogens with one attached hydrogen (secondary N) is 1. The zero-order valence-corrected chi connectivity index (χ0v) is 6.25. The topological polar surface area (TPSA) is 12.0 Å². The van der Waals surface area contributed by atoms with E-state index in [1.54, 1.807) is 0 Å². The van der Waals surface area contributed by atoms with Crippen LogP contribution in [-0.4, -0.2) is 25.7 Å². The van der Waals surface area contributed by atoms with Crippen LogP contribution in [0.15, 0.2) is 0 Å². The molecule has 1 rings (SSSR count). The Morgan fingerprint density at radius 1 is 1.36 bits per heavy atom. The van der Waals surface area contributed by atoms with Crippen LogP contribution >= 0.6 is 0 Å². The van der Waals surface area contributed by atoms with Crippen molar-refractivity contribution in [2.75, 3.05) is 19.8 Å². The average Bonchev–Trinajstić information content (AvgIpc) is 2.10. The first-order valence-electron chi connectivity index (χ1n) is 3.81. The lowest BCUT2D eigenvalue weighted by molar-refractivity contribution is -0.0674. The highest BCUT2D eigenvalue weighted by Gasteiger charge is 2.39. The van der Waals surface area contributed by atoms with Crippen molar-refractivity contribution < 1.29 is 13.2 Å². The first-order chi connectivity index (χ1) is 5.17. The monoisotopic (exact) mass is 167 g/mol. The quantitative estimate of drug-likeness (QED) is 0.625. The third-order valence-electron chi connectivity index (χ3n) is 2.09. The van der Waals surface area contributed by atoms with Crippen LogP contribution in [0.25, 0.3) is 0 Å². The lowest BCUT2D eigenvalue weighted by Crippen LogP contribution is -2.29. The molecule has 1 nitrogen and oxygen atoms in total. The van der Waals surface area contributed by atoms with Gasteiger partial charge in [-0.1, -0.05) is 0 Å². The Kier molecular flexibility index (Phi) is 2.76. The molecule has 1 aliphatic rings. The first kappa shape index (κ1) is 8.84. The van der Waals surface area contributed by atoms with Gasteiger partial charge >= 0.3 is 0 Å². The largest absolute Gasteiger partial charge is 0.316 e. The van der Waals surface area contributed by atoms with Gasteiger partial charge in [-0.3, -0.25) is 4.39 Å². The van der Waals surface area contributed by atoms with Gasteiger partial charge in [0.25, 0.3) is 5.92 Å². The molecule has 0 aliphatic carbocycles. The third-order valence-corrected chi connectivity index (χ3v) is 2.09. The molecule has 1 N–H and O–H groups in total. The molecule has 0 radical (unpaired) electrons. The molecule has 1 unspecified atom stereocenters. The lowest BCUT2D eigenvalue weighted by atomic mass is 9.98. The molecule has 11 heavy (non-hydrogen) atoms. The van der Waals surface area contributed by atoms with Gasteiger partial charge in [0, 0.05) is 13.0 Å². The lowest BCUT2D eigenvalue weighted by Gasteiger charge is -2.20. The Labute approximate surface area is 64.0 Å². The Morgan fingerprint density at radius 2 is 2.09 bits per heavy atom. The molecule has 1 aliphatic heterocycles.